The largest absolute Gasteiger partial charge is 0.256 e. The lowest BCUT2D eigenvalue weighted by atomic mass is 10.1. The molecule has 2 aromatic carbocycles. The third-order valence-electron chi connectivity index (χ3n) is 5.48. The van der Waals surface area contributed by atoms with Crippen LogP contribution in [0, 0.1) is 0 Å². The van der Waals surface area contributed by atoms with E-state index in [-0.39, 0.29) is 0 Å². The average molecular weight is 393 g/mol. The summed E-state index contributed by atoms with van der Waals surface area (Å²) >= 11 is 0. The summed E-state index contributed by atoms with van der Waals surface area (Å²) in [6.45, 7) is 6.53. The Hall–Kier alpha value is -3.30. The van der Waals surface area contributed by atoms with Crippen molar-refractivity contribution >= 4 is 18.4 Å². The lowest BCUT2D eigenvalue weighted by Crippen LogP contribution is -2.56. The van der Waals surface area contributed by atoms with Crippen LogP contribution in [0.5, 0.6) is 0 Å². The smallest absolute Gasteiger partial charge is 0.120 e. The second-order valence-electron chi connectivity index (χ2n) is 7.35. The molecule has 0 N–H and O–H groups in total. The topological polar surface area (TPSA) is 25.8 Å². The number of aromatic nitrogens is 2. The van der Waals surface area contributed by atoms with E-state index in [0.717, 1.165) is 17.4 Å². The van der Waals surface area contributed by atoms with Crippen LogP contribution in [0.3, 0.4) is 0 Å². The van der Waals surface area contributed by atoms with Crippen molar-refractivity contribution in [1.29, 1.82) is 0 Å². The van der Waals surface area contributed by atoms with Gasteiger partial charge in [-0.1, -0.05) is 73.3 Å². The van der Waals surface area contributed by atoms with Gasteiger partial charge in [0.1, 0.15) is 8.07 Å². The number of nitrogens with zero attached hydrogens (tertiary/aromatic N) is 2. The fourth-order valence-corrected chi connectivity index (χ4v) is 7.92. The van der Waals surface area contributed by atoms with Gasteiger partial charge in [0.05, 0.1) is 11.4 Å². The molecule has 0 bridgehead atoms. The van der Waals surface area contributed by atoms with Crippen molar-refractivity contribution < 1.29 is 0 Å². The first kappa shape index (κ1) is 19.0. The van der Waals surface area contributed by atoms with E-state index < -0.39 is 8.07 Å². The molecule has 4 aromatic rings. The van der Waals surface area contributed by atoms with Gasteiger partial charge < -0.3 is 0 Å². The highest BCUT2D eigenvalue weighted by molar-refractivity contribution is 7.03. The average Bonchev–Trinajstić information content (AvgIpc) is 2.80. The van der Waals surface area contributed by atoms with Crippen LogP contribution in [0.2, 0.25) is 12.6 Å². The summed E-state index contributed by atoms with van der Waals surface area (Å²) in [7, 11) is -2.15. The van der Waals surface area contributed by atoms with Gasteiger partial charge in [0.2, 0.25) is 0 Å². The quantitative estimate of drug-likeness (QED) is 0.333. The molecule has 0 aliphatic carbocycles. The van der Waals surface area contributed by atoms with Crippen LogP contribution >= 0.6 is 0 Å². The Morgan fingerprint density at radius 3 is 1.55 bits per heavy atom. The van der Waals surface area contributed by atoms with Crippen molar-refractivity contribution in [2.24, 2.45) is 0 Å². The highest BCUT2D eigenvalue weighted by Crippen LogP contribution is 2.25. The van der Waals surface area contributed by atoms with Crippen LogP contribution in [0.4, 0.5) is 0 Å². The molecule has 0 radical (unpaired) electrons. The number of pyridine rings is 2. The van der Waals surface area contributed by atoms with E-state index in [1.54, 1.807) is 0 Å². The minimum atomic E-state index is -2.15. The number of allylic oxidation sites excluding steroid dienone is 1. The molecule has 0 aliphatic rings. The van der Waals surface area contributed by atoms with Crippen molar-refractivity contribution in [3.8, 4) is 22.5 Å². The molecule has 142 valence electrons. The summed E-state index contributed by atoms with van der Waals surface area (Å²) in [5.41, 5.74) is 4.45. The Bertz CT molecular complexity index is 1020. The first-order valence-corrected chi connectivity index (χ1v) is 12.6. The van der Waals surface area contributed by atoms with Gasteiger partial charge in [0, 0.05) is 12.4 Å². The Morgan fingerprint density at radius 1 is 0.690 bits per heavy atom. The fourth-order valence-electron chi connectivity index (χ4n) is 4.07. The van der Waals surface area contributed by atoms with Crippen molar-refractivity contribution in [2.75, 3.05) is 0 Å². The Kier molecular flexibility index (Phi) is 5.50. The third kappa shape index (κ3) is 3.69. The molecular formula is C26H24N2Si. The van der Waals surface area contributed by atoms with Crippen LogP contribution in [0.15, 0.2) is 110 Å². The van der Waals surface area contributed by atoms with Crippen molar-refractivity contribution in [3.63, 3.8) is 0 Å². The second kappa shape index (κ2) is 8.37. The van der Waals surface area contributed by atoms with Gasteiger partial charge in [0.15, 0.2) is 0 Å². The second-order valence-corrected chi connectivity index (χ2v) is 11.5. The number of benzene rings is 2. The standard InChI is InChI=1S/C26H24N2Si/c1-3-20-29(2,25-16-6-4-12-21(25)23-14-8-10-18-27-23)26-17-7-5-13-22(26)24-15-9-11-19-28-24/h3-19H,1,20H2,2H3. The summed E-state index contributed by atoms with van der Waals surface area (Å²) in [5.74, 6) is 0. The zero-order valence-corrected chi connectivity index (χ0v) is 17.6. The number of hydrogen-bond donors (Lipinski definition) is 0. The van der Waals surface area contributed by atoms with Gasteiger partial charge in [0.25, 0.3) is 0 Å². The van der Waals surface area contributed by atoms with Gasteiger partial charge in [-0.25, -0.2) is 0 Å². The molecule has 3 heteroatoms. The van der Waals surface area contributed by atoms with E-state index in [1.807, 2.05) is 36.7 Å². The molecule has 0 amide bonds. The molecule has 0 saturated carbocycles. The Balaban J connectivity index is 1.96. The van der Waals surface area contributed by atoms with Crippen molar-refractivity contribution in [2.45, 2.75) is 12.6 Å². The van der Waals surface area contributed by atoms with E-state index in [0.29, 0.717) is 0 Å². The van der Waals surface area contributed by atoms with E-state index >= 15 is 0 Å². The minimum Gasteiger partial charge on any atom is -0.256 e. The number of hydrogen-bond acceptors (Lipinski definition) is 2. The van der Waals surface area contributed by atoms with Gasteiger partial charge in [-0.05, 0) is 51.8 Å². The molecule has 0 spiro atoms. The van der Waals surface area contributed by atoms with Gasteiger partial charge in [-0.15, -0.1) is 6.58 Å². The van der Waals surface area contributed by atoms with Crippen LogP contribution in [0.1, 0.15) is 0 Å². The van der Waals surface area contributed by atoms with Crippen molar-refractivity contribution in [1.82, 2.24) is 9.97 Å². The molecule has 0 aliphatic heterocycles. The summed E-state index contributed by atoms with van der Waals surface area (Å²) in [6.07, 6.45) is 5.79. The molecule has 2 aromatic heterocycles. The lowest BCUT2D eigenvalue weighted by molar-refractivity contribution is 1.33. The zero-order valence-electron chi connectivity index (χ0n) is 16.6. The maximum Gasteiger partial charge on any atom is 0.120 e. The van der Waals surface area contributed by atoms with E-state index in [4.69, 9.17) is 0 Å². The zero-order chi connectivity index (χ0) is 20.1. The maximum atomic E-state index is 4.64. The van der Waals surface area contributed by atoms with Crippen LogP contribution in [-0.2, 0) is 0 Å². The first-order valence-electron chi connectivity index (χ1n) is 9.87. The monoisotopic (exact) mass is 392 g/mol. The minimum absolute atomic E-state index is 0.945. The first-order chi connectivity index (χ1) is 14.2. The van der Waals surface area contributed by atoms with Gasteiger partial charge >= 0.3 is 0 Å². The molecule has 29 heavy (non-hydrogen) atoms. The van der Waals surface area contributed by atoms with Gasteiger partial charge in [-0.2, -0.15) is 0 Å². The summed E-state index contributed by atoms with van der Waals surface area (Å²) in [5, 5.41) is 2.75. The van der Waals surface area contributed by atoms with Crippen LogP contribution < -0.4 is 10.4 Å². The Morgan fingerprint density at radius 2 is 1.14 bits per heavy atom. The van der Waals surface area contributed by atoms with E-state index in [1.165, 1.54) is 21.5 Å². The Labute approximate surface area is 173 Å². The van der Waals surface area contributed by atoms with Gasteiger partial charge in [-0.3, -0.25) is 9.97 Å². The maximum absolute atomic E-state index is 4.64. The molecule has 4 rings (SSSR count). The molecule has 0 atom stereocenters. The highest BCUT2D eigenvalue weighted by atomic mass is 28.3. The summed E-state index contributed by atoms with van der Waals surface area (Å²) in [6, 6.07) is 30.5. The molecule has 0 unspecified atom stereocenters. The highest BCUT2D eigenvalue weighted by Gasteiger charge is 2.35. The SMILES string of the molecule is C=CC[Si](C)(c1ccccc1-c1ccccn1)c1ccccc1-c1ccccn1. The van der Waals surface area contributed by atoms with E-state index in [2.05, 4.69) is 89.8 Å². The fraction of sp³-hybridized carbons (Fsp3) is 0.0769. The molecule has 0 saturated heterocycles. The van der Waals surface area contributed by atoms with E-state index in [9.17, 15) is 0 Å². The van der Waals surface area contributed by atoms with Crippen LogP contribution in [0.25, 0.3) is 22.5 Å². The lowest BCUT2D eigenvalue weighted by Gasteiger charge is -2.31. The van der Waals surface area contributed by atoms with Crippen molar-refractivity contribution in [3.05, 3.63) is 110 Å². The molecular weight excluding hydrogens is 368 g/mol. The van der Waals surface area contributed by atoms with Crippen LogP contribution in [-0.4, -0.2) is 18.0 Å². The molecule has 2 nitrogen and oxygen atoms in total. The molecule has 0 fully saturated rings. The summed E-state index contributed by atoms with van der Waals surface area (Å²) in [4.78, 5) is 9.28. The predicted molar refractivity (Wildman–Crippen MR) is 125 cm³/mol. The normalized spacial score (nSPS) is 11.2. The predicted octanol–water partition coefficient (Wildman–Crippen LogP) is 5.19. The molecule has 2 heterocycles. The number of rotatable bonds is 6. The third-order valence-corrected chi connectivity index (χ3v) is 9.83. The summed E-state index contributed by atoms with van der Waals surface area (Å²) < 4.78 is 0.